The highest BCUT2D eigenvalue weighted by molar-refractivity contribution is 7.85. The SMILES string of the molecule is CCNc1nc(NCC(C)NCC)nc(Nc2cccc3cc(S(=O)(=O)O)c(C)c(O)c23)n1. The van der Waals surface area contributed by atoms with Crippen LogP contribution in [0.3, 0.4) is 0 Å². The number of hydrogen-bond acceptors (Lipinski definition) is 10. The van der Waals surface area contributed by atoms with Crippen molar-refractivity contribution >= 4 is 44.4 Å². The van der Waals surface area contributed by atoms with Gasteiger partial charge < -0.3 is 26.4 Å². The predicted molar refractivity (Wildman–Crippen MR) is 129 cm³/mol. The molecule has 0 spiro atoms. The van der Waals surface area contributed by atoms with Gasteiger partial charge in [-0.15, -0.1) is 0 Å². The molecule has 0 radical (unpaired) electrons. The number of fused-ring (bicyclic) bond motifs is 1. The second kappa shape index (κ2) is 10.1. The van der Waals surface area contributed by atoms with Crippen molar-refractivity contribution in [3.63, 3.8) is 0 Å². The number of anilines is 4. The predicted octanol–water partition coefficient (Wildman–Crippen LogP) is 2.87. The van der Waals surface area contributed by atoms with E-state index in [1.807, 2.05) is 20.8 Å². The van der Waals surface area contributed by atoms with Crippen LogP contribution in [0.4, 0.5) is 23.5 Å². The van der Waals surface area contributed by atoms with E-state index in [4.69, 9.17) is 0 Å². The molecule has 0 bridgehead atoms. The molecule has 3 rings (SSSR count). The van der Waals surface area contributed by atoms with Crippen molar-refractivity contribution in [1.29, 1.82) is 0 Å². The number of nitrogens with zero attached hydrogens (tertiary/aromatic N) is 3. The van der Waals surface area contributed by atoms with Crippen molar-refractivity contribution in [3.05, 3.63) is 29.8 Å². The second-order valence-corrected chi connectivity index (χ2v) is 8.92. The second-order valence-electron chi connectivity index (χ2n) is 7.53. The van der Waals surface area contributed by atoms with Gasteiger partial charge in [-0.1, -0.05) is 19.1 Å². The molecule has 178 valence electrons. The summed E-state index contributed by atoms with van der Waals surface area (Å²) in [6.07, 6.45) is 0. The Labute approximate surface area is 192 Å². The van der Waals surface area contributed by atoms with Crippen LogP contribution in [0.25, 0.3) is 10.8 Å². The lowest BCUT2D eigenvalue weighted by molar-refractivity contribution is 0.466. The molecule has 1 heterocycles. The Kier molecular flexibility index (Phi) is 7.51. The number of phenolic OH excluding ortho intramolecular Hbond substituents is 1. The molecule has 0 aliphatic rings. The van der Waals surface area contributed by atoms with E-state index >= 15 is 0 Å². The highest BCUT2D eigenvalue weighted by atomic mass is 32.2. The Bertz CT molecular complexity index is 1250. The van der Waals surface area contributed by atoms with Gasteiger partial charge in [0.05, 0.1) is 5.69 Å². The minimum atomic E-state index is -4.49. The van der Waals surface area contributed by atoms with Gasteiger partial charge in [0.1, 0.15) is 10.6 Å². The summed E-state index contributed by atoms with van der Waals surface area (Å²) >= 11 is 0. The molecule has 0 aliphatic carbocycles. The molecule has 11 nitrogen and oxygen atoms in total. The summed E-state index contributed by atoms with van der Waals surface area (Å²) in [5, 5.41) is 24.2. The number of rotatable bonds is 10. The van der Waals surface area contributed by atoms with Gasteiger partial charge in [0.2, 0.25) is 17.8 Å². The van der Waals surface area contributed by atoms with E-state index in [1.54, 1.807) is 18.2 Å². The normalized spacial score (nSPS) is 12.5. The summed E-state index contributed by atoms with van der Waals surface area (Å²) < 4.78 is 32.9. The molecule has 6 N–H and O–H groups in total. The Hall–Kier alpha value is -3.22. The van der Waals surface area contributed by atoms with Crippen molar-refractivity contribution in [3.8, 4) is 5.75 Å². The van der Waals surface area contributed by atoms with Gasteiger partial charge in [0, 0.05) is 30.1 Å². The van der Waals surface area contributed by atoms with E-state index in [0.29, 0.717) is 41.4 Å². The van der Waals surface area contributed by atoms with Crippen molar-refractivity contribution in [2.75, 3.05) is 35.6 Å². The highest BCUT2D eigenvalue weighted by Crippen LogP contribution is 2.38. The molecule has 0 aliphatic heterocycles. The third-order valence-corrected chi connectivity index (χ3v) is 5.94. The van der Waals surface area contributed by atoms with Gasteiger partial charge in [-0.3, -0.25) is 4.55 Å². The lowest BCUT2D eigenvalue weighted by atomic mass is 10.0. The van der Waals surface area contributed by atoms with Crippen LogP contribution in [0.1, 0.15) is 26.3 Å². The van der Waals surface area contributed by atoms with Gasteiger partial charge >= 0.3 is 0 Å². The maximum absolute atomic E-state index is 11.7. The van der Waals surface area contributed by atoms with E-state index in [-0.39, 0.29) is 28.2 Å². The van der Waals surface area contributed by atoms with Crippen LogP contribution in [0.5, 0.6) is 5.75 Å². The summed E-state index contributed by atoms with van der Waals surface area (Å²) in [7, 11) is -4.49. The molecule has 0 saturated heterocycles. The van der Waals surface area contributed by atoms with Crippen LogP contribution in [0.15, 0.2) is 29.2 Å². The first-order valence-electron chi connectivity index (χ1n) is 10.6. The number of aromatic nitrogens is 3. The molecule has 3 aromatic rings. The quantitative estimate of drug-likeness (QED) is 0.239. The van der Waals surface area contributed by atoms with Crippen LogP contribution in [-0.4, -0.2) is 58.7 Å². The molecular weight excluding hydrogens is 446 g/mol. The van der Waals surface area contributed by atoms with Crippen molar-refractivity contribution < 1.29 is 18.1 Å². The molecule has 0 fully saturated rings. The third kappa shape index (κ3) is 5.78. The van der Waals surface area contributed by atoms with E-state index in [9.17, 15) is 18.1 Å². The van der Waals surface area contributed by atoms with E-state index in [1.165, 1.54) is 13.0 Å². The average Bonchev–Trinajstić information content (AvgIpc) is 2.74. The van der Waals surface area contributed by atoms with Crippen LogP contribution in [0.2, 0.25) is 0 Å². The minimum absolute atomic E-state index is 0.0444. The summed E-state index contributed by atoms with van der Waals surface area (Å²) in [6, 6.07) is 6.57. The lowest BCUT2D eigenvalue weighted by Gasteiger charge is -2.16. The van der Waals surface area contributed by atoms with Crippen molar-refractivity contribution in [2.24, 2.45) is 0 Å². The van der Waals surface area contributed by atoms with E-state index in [0.717, 1.165) is 6.54 Å². The number of aromatic hydroxyl groups is 1. The molecule has 1 aromatic heterocycles. The third-order valence-electron chi connectivity index (χ3n) is 4.96. The molecular formula is C21H29N7O4S. The first-order chi connectivity index (χ1) is 15.6. The van der Waals surface area contributed by atoms with Crippen LogP contribution in [-0.2, 0) is 10.1 Å². The van der Waals surface area contributed by atoms with Gasteiger partial charge in [0.15, 0.2) is 0 Å². The molecule has 12 heteroatoms. The van der Waals surface area contributed by atoms with Gasteiger partial charge in [0.25, 0.3) is 10.1 Å². The number of nitrogens with one attached hydrogen (secondary N) is 4. The molecule has 1 atom stereocenters. The number of benzene rings is 2. The summed E-state index contributed by atoms with van der Waals surface area (Å²) in [4.78, 5) is 12.8. The monoisotopic (exact) mass is 475 g/mol. The standard InChI is InChI=1S/C21H29N7O4S/c1-5-22-12(3)11-24-20-26-19(23-6-2)27-21(28-20)25-15-9-7-8-14-10-16(33(30,31)32)13(4)18(29)17(14)15/h7-10,12,22,29H,5-6,11H2,1-4H3,(H,30,31,32)(H3,23,24,25,26,27,28). The fourth-order valence-electron chi connectivity index (χ4n) is 3.41. The zero-order valence-electron chi connectivity index (χ0n) is 19.0. The molecule has 1 unspecified atom stereocenters. The van der Waals surface area contributed by atoms with Gasteiger partial charge in [-0.25, -0.2) is 0 Å². The zero-order valence-corrected chi connectivity index (χ0v) is 19.8. The fourth-order valence-corrected chi connectivity index (χ4v) is 4.17. The van der Waals surface area contributed by atoms with Crippen LogP contribution >= 0.6 is 0 Å². The summed E-state index contributed by atoms with van der Waals surface area (Å²) in [6.45, 7) is 9.50. The molecule has 2 aromatic carbocycles. The zero-order chi connectivity index (χ0) is 24.2. The van der Waals surface area contributed by atoms with E-state index < -0.39 is 10.1 Å². The first-order valence-corrected chi connectivity index (χ1v) is 12.0. The molecule has 0 saturated carbocycles. The van der Waals surface area contributed by atoms with E-state index in [2.05, 4.69) is 36.2 Å². The largest absolute Gasteiger partial charge is 0.507 e. The van der Waals surface area contributed by atoms with Crippen LogP contribution in [0, 0.1) is 6.92 Å². The van der Waals surface area contributed by atoms with Gasteiger partial charge in [-0.05, 0) is 44.8 Å². The number of hydrogen-bond donors (Lipinski definition) is 6. The topological polar surface area (TPSA) is 161 Å². The summed E-state index contributed by atoms with van der Waals surface area (Å²) in [5.74, 6) is 0.732. The Morgan fingerprint density at radius 2 is 1.70 bits per heavy atom. The molecule has 33 heavy (non-hydrogen) atoms. The smallest absolute Gasteiger partial charge is 0.294 e. The highest BCUT2D eigenvalue weighted by Gasteiger charge is 2.20. The van der Waals surface area contributed by atoms with Crippen molar-refractivity contribution in [1.82, 2.24) is 20.3 Å². The fraction of sp³-hybridized carbons (Fsp3) is 0.381. The average molecular weight is 476 g/mol. The summed E-state index contributed by atoms with van der Waals surface area (Å²) in [5.41, 5.74) is 0.513. The maximum atomic E-state index is 11.7. The lowest BCUT2D eigenvalue weighted by Crippen LogP contribution is -2.32. The van der Waals surface area contributed by atoms with Gasteiger partial charge in [-0.2, -0.15) is 23.4 Å². The first kappa shape index (κ1) is 24.4. The van der Waals surface area contributed by atoms with Crippen LogP contribution < -0.4 is 21.3 Å². The minimum Gasteiger partial charge on any atom is -0.507 e. The Morgan fingerprint density at radius 3 is 2.33 bits per heavy atom. The maximum Gasteiger partial charge on any atom is 0.294 e. The number of likely N-dealkylation sites (N-methyl/N-ethyl adjacent to an activating group) is 1. The Morgan fingerprint density at radius 1 is 1.03 bits per heavy atom. The Balaban J connectivity index is 2.01. The number of phenols is 1. The van der Waals surface area contributed by atoms with Crippen molar-refractivity contribution in [2.45, 2.75) is 38.6 Å². The molecule has 0 amide bonds.